The minimum absolute atomic E-state index is 0.333. The van der Waals surface area contributed by atoms with E-state index in [-0.39, 0.29) is 6.42 Å². The summed E-state index contributed by atoms with van der Waals surface area (Å²) in [6, 6.07) is 0. The van der Waals surface area contributed by atoms with Gasteiger partial charge in [-0.3, -0.25) is 0 Å². The second-order valence-electron chi connectivity index (χ2n) is 2.14. The van der Waals surface area contributed by atoms with Crippen LogP contribution in [-0.4, -0.2) is 12.7 Å². The van der Waals surface area contributed by atoms with Crippen molar-refractivity contribution in [2.75, 3.05) is 0 Å². The van der Waals surface area contributed by atoms with Crippen LogP contribution in [-0.2, 0) is 4.79 Å². The van der Waals surface area contributed by atoms with Gasteiger partial charge in [0.15, 0.2) is 0 Å². The maximum absolute atomic E-state index is 11.5. The molecule has 0 unspecified atom stereocenters. The van der Waals surface area contributed by atoms with Crippen molar-refractivity contribution < 1.29 is 17.7 Å². The van der Waals surface area contributed by atoms with Gasteiger partial charge in [-0.15, -0.1) is 0 Å². The summed E-state index contributed by atoms with van der Waals surface area (Å²) in [7, 11) is 0. The molecule has 0 amide bonds. The Hall–Kier alpha value is -0.475. The zero-order chi connectivity index (χ0) is 8.20. The number of carbonyl (C=O) groups is 1. The van der Waals surface area contributed by atoms with E-state index < -0.39 is 12.7 Å². The van der Waals surface area contributed by atoms with Gasteiger partial charge in [0.2, 0.25) is 0 Å². The second kappa shape index (κ2) is 3.63. The number of hydrogen-bond donors (Lipinski definition) is 0. The molecular formula is C5H9BF3O-. The van der Waals surface area contributed by atoms with Gasteiger partial charge in [0, 0.05) is 0 Å². The second-order valence-corrected chi connectivity index (χ2v) is 2.14. The number of halogens is 3. The van der Waals surface area contributed by atoms with Crippen LogP contribution in [0.4, 0.5) is 12.9 Å². The van der Waals surface area contributed by atoms with Crippen LogP contribution in [0.3, 0.4) is 0 Å². The molecule has 0 rings (SSSR count). The maximum atomic E-state index is 11.5. The molecule has 0 atom stereocenters. The molecule has 60 valence electrons. The van der Waals surface area contributed by atoms with Gasteiger partial charge in [-0.1, -0.05) is 13.3 Å². The molecule has 0 radical (unpaired) electrons. The van der Waals surface area contributed by atoms with E-state index in [9.17, 15) is 17.7 Å². The summed E-state index contributed by atoms with van der Waals surface area (Å²) in [4.78, 5) is 10.1. The monoisotopic (exact) mass is 153 g/mol. The SMILES string of the molecule is CCCCC(=O)[B-](F)(F)F. The molecule has 0 heterocycles. The van der Waals surface area contributed by atoms with E-state index >= 15 is 0 Å². The van der Waals surface area contributed by atoms with Crippen LogP contribution in [0.1, 0.15) is 26.2 Å². The number of carbonyl (C=O) groups excluding carboxylic acids is 1. The van der Waals surface area contributed by atoms with Gasteiger partial charge in [-0.05, 0) is 12.8 Å². The highest BCUT2D eigenvalue weighted by Crippen LogP contribution is 2.13. The lowest BCUT2D eigenvalue weighted by atomic mass is 9.81. The summed E-state index contributed by atoms with van der Waals surface area (Å²) in [5.41, 5.74) is -1.55. The quantitative estimate of drug-likeness (QED) is 0.565. The summed E-state index contributed by atoms with van der Waals surface area (Å²) < 4.78 is 34.5. The van der Waals surface area contributed by atoms with Gasteiger partial charge in [-0.25, -0.2) is 0 Å². The highest BCUT2D eigenvalue weighted by atomic mass is 19.4. The Bertz CT molecular complexity index is 121. The average molecular weight is 153 g/mol. The normalized spacial score (nSPS) is 11.6. The predicted molar refractivity (Wildman–Crippen MR) is 33.6 cm³/mol. The molecule has 0 aliphatic rings. The van der Waals surface area contributed by atoms with Crippen molar-refractivity contribution in [3.8, 4) is 0 Å². The van der Waals surface area contributed by atoms with Crippen molar-refractivity contribution in [2.24, 2.45) is 0 Å². The van der Waals surface area contributed by atoms with Crippen molar-refractivity contribution in [2.45, 2.75) is 26.2 Å². The van der Waals surface area contributed by atoms with Crippen LogP contribution in [0.5, 0.6) is 0 Å². The molecule has 0 fully saturated rings. The van der Waals surface area contributed by atoms with Gasteiger partial charge < -0.3 is 17.7 Å². The minimum Gasteiger partial charge on any atom is -0.443 e. The zero-order valence-corrected chi connectivity index (χ0v) is 5.74. The standard InChI is InChI=1S/C5H9BF3O/c1-2-3-4-5(10)6(7,8)9/h2-4H2,1H3/q-1. The molecule has 0 aromatic heterocycles. The Morgan fingerprint density at radius 1 is 1.40 bits per heavy atom. The summed E-state index contributed by atoms with van der Waals surface area (Å²) >= 11 is 0. The smallest absolute Gasteiger partial charge is 0.443 e. The first-order valence-corrected chi connectivity index (χ1v) is 3.21. The first kappa shape index (κ1) is 9.52. The fourth-order valence-electron chi connectivity index (χ4n) is 0.515. The highest BCUT2D eigenvalue weighted by molar-refractivity contribution is 6.90. The van der Waals surface area contributed by atoms with Crippen LogP contribution in [0.15, 0.2) is 0 Å². The number of hydrogen-bond acceptors (Lipinski definition) is 1. The van der Waals surface area contributed by atoms with Gasteiger partial charge >= 0.3 is 6.98 Å². The lowest BCUT2D eigenvalue weighted by Gasteiger charge is -2.11. The Kier molecular flexibility index (Phi) is 3.46. The van der Waals surface area contributed by atoms with Crippen molar-refractivity contribution in [3.05, 3.63) is 0 Å². The Morgan fingerprint density at radius 2 is 1.90 bits per heavy atom. The summed E-state index contributed by atoms with van der Waals surface area (Å²) in [5.74, 6) is 0. The van der Waals surface area contributed by atoms with E-state index in [2.05, 4.69) is 0 Å². The first-order chi connectivity index (χ1) is 4.48. The molecular weight excluding hydrogens is 144 g/mol. The molecule has 5 heteroatoms. The predicted octanol–water partition coefficient (Wildman–Crippen LogP) is 2.13. The minimum atomic E-state index is -5.22. The number of rotatable bonds is 4. The molecule has 0 aromatic carbocycles. The van der Waals surface area contributed by atoms with Crippen LogP contribution in [0.25, 0.3) is 0 Å². The summed E-state index contributed by atoms with van der Waals surface area (Å²) in [6.45, 7) is -3.47. The van der Waals surface area contributed by atoms with Crippen LogP contribution in [0, 0.1) is 0 Å². The molecule has 1 nitrogen and oxygen atoms in total. The Labute approximate surface area is 57.7 Å². The third-order valence-electron chi connectivity index (χ3n) is 1.14. The molecule has 0 saturated carbocycles. The lowest BCUT2D eigenvalue weighted by Crippen LogP contribution is -2.29. The summed E-state index contributed by atoms with van der Waals surface area (Å²) in [6.07, 6.45) is 0.609. The van der Waals surface area contributed by atoms with Crippen molar-refractivity contribution >= 4 is 12.7 Å². The first-order valence-electron chi connectivity index (χ1n) is 3.21. The fourth-order valence-corrected chi connectivity index (χ4v) is 0.515. The maximum Gasteiger partial charge on any atom is 0.544 e. The average Bonchev–Trinajstić information content (AvgIpc) is 1.80. The van der Waals surface area contributed by atoms with E-state index in [4.69, 9.17) is 0 Å². The number of unbranched alkanes of at least 4 members (excludes halogenated alkanes) is 1. The Balaban J connectivity index is 3.64. The van der Waals surface area contributed by atoms with E-state index in [0.717, 1.165) is 0 Å². The van der Waals surface area contributed by atoms with E-state index in [1.54, 1.807) is 6.92 Å². The fraction of sp³-hybridized carbons (Fsp3) is 0.800. The summed E-state index contributed by atoms with van der Waals surface area (Å²) in [5, 5.41) is 0. The third-order valence-corrected chi connectivity index (χ3v) is 1.14. The van der Waals surface area contributed by atoms with Crippen LogP contribution >= 0.6 is 0 Å². The molecule has 0 aliphatic heterocycles. The topological polar surface area (TPSA) is 17.1 Å². The third kappa shape index (κ3) is 3.53. The lowest BCUT2D eigenvalue weighted by molar-refractivity contribution is -0.115. The van der Waals surface area contributed by atoms with Crippen molar-refractivity contribution in [3.63, 3.8) is 0 Å². The van der Waals surface area contributed by atoms with Crippen molar-refractivity contribution in [1.82, 2.24) is 0 Å². The van der Waals surface area contributed by atoms with Crippen molar-refractivity contribution in [1.29, 1.82) is 0 Å². The molecule has 0 bridgehead atoms. The molecule has 0 saturated heterocycles. The molecule has 0 aromatic rings. The molecule has 0 N–H and O–H groups in total. The van der Waals surface area contributed by atoms with E-state index in [1.165, 1.54) is 0 Å². The largest absolute Gasteiger partial charge is 0.544 e. The van der Waals surface area contributed by atoms with Gasteiger partial charge in [0.25, 0.3) is 0 Å². The van der Waals surface area contributed by atoms with Crippen LogP contribution < -0.4 is 0 Å². The van der Waals surface area contributed by atoms with Gasteiger partial charge in [0.05, 0.1) is 5.68 Å². The van der Waals surface area contributed by atoms with E-state index in [1.807, 2.05) is 0 Å². The zero-order valence-electron chi connectivity index (χ0n) is 5.74. The molecule has 10 heavy (non-hydrogen) atoms. The Morgan fingerprint density at radius 3 is 2.20 bits per heavy atom. The molecule has 0 aliphatic carbocycles. The van der Waals surface area contributed by atoms with Gasteiger partial charge in [0.1, 0.15) is 0 Å². The van der Waals surface area contributed by atoms with Crippen LogP contribution in [0.2, 0.25) is 0 Å². The van der Waals surface area contributed by atoms with E-state index in [0.29, 0.717) is 12.8 Å². The van der Waals surface area contributed by atoms with Gasteiger partial charge in [-0.2, -0.15) is 0 Å². The molecule has 0 spiro atoms. The highest BCUT2D eigenvalue weighted by Gasteiger charge is 2.31.